The standard InChI is InChI=1S/C5H10N2O4/c1-10-11-5(9)3-7-4(8)2-6/h2-3,6H2,1H3,(H,7,8). The Morgan fingerprint density at radius 1 is 1.55 bits per heavy atom. The number of hydrogen-bond donors (Lipinski definition) is 2. The molecule has 64 valence electrons. The molecule has 0 heterocycles. The number of nitrogens with two attached hydrogens (primary N) is 1. The molecular weight excluding hydrogens is 152 g/mol. The Labute approximate surface area is 63.6 Å². The molecule has 6 heteroatoms. The van der Waals surface area contributed by atoms with Gasteiger partial charge in [0.1, 0.15) is 6.54 Å². The predicted octanol–water partition coefficient (Wildman–Crippen LogP) is -1.83. The Kier molecular flexibility index (Phi) is 5.05. The first kappa shape index (κ1) is 9.86. The Morgan fingerprint density at radius 2 is 2.18 bits per heavy atom. The van der Waals surface area contributed by atoms with Gasteiger partial charge >= 0.3 is 5.97 Å². The van der Waals surface area contributed by atoms with Crippen LogP contribution in [-0.2, 0) is 19.4 Å². The quantitative estimate of drug-likeness (QED) is 0.374. The number of amides is 1. The molecule has 0 aromatic carbocycles. The predicted molar refractivity (Wildman–Crippen MR) is 35.2 cm³/mol. The summed E-state index contributed by atoms with van der Waals surface area (Å²) in [5, 5.41) is 2.20. The summed E-state index contributed by atoms with van der Waals surface area (Å²) in [5.41, 5.74) is 4.94. The highest BCUT2D eigenvalue weighted by Gasteiger charge is 2.04. The number of hydrogen-bond acceptors (Lipinski definition) is 5. The topological polar surface area (TPSA) is 90.6 Å². The van der Waals surface area contributed by atoms with Gasteiger partial charge in [0.15, 0.2) is 0 Å². The van der Waals surface area contributed by atoms with Crippen molar-refractivity contribution in [2.75, 3.05) is 20.2 Å². The van der Waals surface area contributed by atoms with Crippen LogP contribution in [0.5, 0.6) is 0 Å². The minimum Gasteiger partial charge on any atom is -0.344 e. The number of nitrogens with one attached hydrogen (secondary N) is 1. The lowest BCUT2D eigenvalue weighted by atomic mass is 10.5. The van der Waals surface area contributed by atoms with E-state index in [1.807, 2.05) is 0 Å². The van der Waals surface area contributed by atoms with Crippen molar-refractivity contribution in [2.45, 2.75) is 0 Å². The highest BCUT2D eigenvalue weighted by Crippen LogP contribution is 1.74. The summed E-state index contributed by atoms with van der Waals surface area (Å²) in [6, 6.07) is 0. The van der Waals surface area contributed by atoms with E-state index in [4.69, 9.17) is 5.73 Å². The van der Waals surface area contributed by atoms with Crippen molar-refractivity contribution in [3.63, 3.8) is 0 Å². The van der Waals surface area contributed by atoms with Gasteiger partial charge in [-0.2, -0.15) is 4.89 Å². The minimum atomic E-state index is -0.672. The van der Waals surface area contributed by atoms with E-state index in [0.29, 0.717) is 0 Å². The van der Waals surface area contributed by atoms with Crippen LogP contribution in [0.2, 0.25) is 0 Å². The van der Waals surface area contributed by atoms with Gasteiger partial charge in [0.25, 0.3) is 0 Å². The molecule has 0 saturated heterocycles. The van der Waals surface area contributed by atoms with Gasteiger partial charge in [0.2, 0.25) is 5.91 Å². The summed E-state index contributed by atoms with van der Waals surface area (Å²) in [6.07, 6.45) is 0. The molecule has 11 heavy (non-hydrogen) atoms. The van der Waals surface area contributed by atoms with E-state index in [-0.39, 0.29) is 13.1 Å². The summed E-state index contributed by atoms with van der Waals surface area (Å²) in [4.78, 5) is 29.0. The van der Waals surface area contributed by atoms with Crippen molar-refractivity contribution in [2.24, 2.45) is 5.73 Å². The monoisotopic (exact) mass is 162 g/mol. The van der Waals surface area contributed by atoms with Crippen molar-refractivity contribution < 1.29 is 19.4 Å². The molecule has 0 radical (unpaired) electrons. The molecular formula is C5H10N2O4. The average molecular weight is 162 g/mol. The zero-order valence-electron chi connectivity index (χ0n) is 6.12. The van der Waals surface area contributed by atoms with Crippen molar-refractivity contribution >= 4 is 11.9 Å². The largest absolute Gasteiger partial charge is 0.361 e. The molecule has 0 unspecified atom stereocenters. The molecule has 0 atom stereocenters. The van der Waals surface area contributed by atoms with E-state index < -0.39 is 11.9 Å². The molecule has 3 N–H and O–H groups in total. The van der Waals surface area contributed by atoms with Crippen molar-refractivity contribution in [3.8, 4) is 0 Å². The first-order valence-corrected chi connectivity index (χ1v) is 2.91. The summed E-state index contributed by atoms with van der Waals surface area (Å²) in [5.74, 6) is -1.09. The van der Waals surface area contributed by atoms with Crippen LogP contribution in [-0.4, -0.2) is 32.1 Å². The Hall–Kier alpha value is -1.14. The second-order valence-electron chi connectivity index (χ2n) is 1.60. The Bertz CT molecular complexity index is 147. The van der Waals surface area contributed by atoms with E-state index in [1.165, 1.54) is 7.11 Å². The normalized spacial score (nSPS) is 8.91. The molecule has 0 spiro atoms. The van der Waals surface area contributed by atoms with E-state index in [9.17, 15) is 9.59 Å². The van der Waals surface area contributed by atoms with Gasteiger partial charge < -0.3 is 11.1 Å². The number of rotatable bonds is 4. The minimum absolute atomic E-state index is 0.153. The fourth-order valence-corrected chi connectivity index (χ4v) is 0.365. The van der Waals surface area contributed by atoms with Crippen LogP contribution in [0.4, 0.5) is 0 Å². The molecule has 0 aliphatic heterocycles. The molecule has 0 aliphatic carbocycles. The van der Waals surface area contributed by atoms with Crippen LogP contribution in [0.15, 0.2) is 0 Å². The average Bonchev–Trinajstić information content (AvgIpc) is 2.01. The third-order valence-corrected chi connectivity index (χ3v) is 0.792. The van der Waals surface area contributed by atoms with Gasteiger partial charge in [-0.3, -0.25) is 9.68 Å². The van der Waals surface area contributed by atoms with E-state index in [1.54, 1.807) is 0 Å². The van der Waals surface area contributed by atoms with Gasteiger partial charge in [-0.1, -0.05) is 0 Å². The molecule has 1 amide bonds. The zero-order chi connectivity index (χ0) is 8.69. The lowest BCUT2D eigenvalue weighted by Crippen LogP contribution is -2.34. The number of carbonyl (C=O) groups is 2. The molecule has 0 saturated carbocycles. The summed E-state index contributed by atoms with van der Waals surface area (Å²) < 4.78 is 0. The van der Waals surface area contributed by atoms with Gasteiger partial charge in [-0.05, 0) is 0 Å². The first-order valence-electron chi connectivity index (χ1n) is 2.91. The van der Waals surface area contributed by atoms with Crippen molar-refractivity contribution in [1.29, 1.82) is 0 Å². The summed E-state index contributed by atoms with van der Waals surface area (Å²) >= 11 is 0. The molecule has 0 aromatic rings. The van der Waals surface area contributed by atoms with Crippen LogP contribution in [0.1, 0.15) is 0 Å². The zero-order valence-corrected chi connectivity index (χ0v) is 6.12. The smallest absolute Gasteiger partial charge is 0.344 e. The van der Waals surface area contributed by atoms with Crippen molar-refractivity contribution in [3.05, 3.63) is 0 Å². The lowest BCUT2D eigenvalue weighted by Gasteiger charge is -2.00. The Balaban J connectivity index is 3.38. The molecule has 0 rings (SSSR count). The maximum absolute atomic E-state index is 10.5. The third kappa shape index (κ3) is 5.31. The molecule has 0 aromatic heterocycles. The molecule has 0 aliphatic rings. The second kappa shape index (κ2) is 5.63. The highest BCUT2D eigenvalue weighted by atomic mass is 17.2. The number of carbonyl (C=O) groups excluding carboxylic acids is 2. The molecule has 0 fully saturated rings. The second-order valence-corrected chi connectivity index (χ2v) is 1.60. The van der Waals surface area contributed by atoms with Crippen LogP contribution >= 0.6 is 0 Å². The molecule has 6 nitrogen and oxygen atoms in total. The SMILES string of the molecule is COOC(=O)CNC(=O)CN. The Morgan fingerprint density at radius 3 is 2.64 bits per heavy atom. The lowest BCUT2D eigenvalue weighted by molar-refractivity contribution is -0.253. The summed E-state index contributed by atoms with van der Waals surface area (Å²) in [7, 11) is 1.20. The van der Waals surface area contributed by atoms with Crippen LogP contribution < -0.4 is 11.1 Å². The maximum Gasteiger partial charge on any atom is 0.361 e. The summed E-state index contributed by atoms with van der Waals surface area (Å²) in [6.45, 7) is -0.385. The van der Waals surface area contributed by atoms with Crippen molar-refractivity contribution in [1.82, 2.24) is 5.32 Å². The highest BCUT2D eigenvalue weighted by molar-refractivity contribution is 5.82. The van der Waals surface area contributed by atoms with Gasteiger partial charge in [-0.15, -0.1) is 0 Å². The van der Waals surface area contributed by atoms with Gasteiger partial charge in [0.05, 0.1) is 13.7 Å². The van der Waals surface area contributed by atoms with Gasteiger partial charge in [0, 0.05) is 0 Å². The fraction of sp³-hybridized carbons (Fsp3) is 0.600. The van der Waals surface area contributed by atoms with E-state index >= 15 is 0 Å². The fourth-order valence-electron chi connectivity index (χ4n) is 0.365. The van der Waals surface area contributed by atoms with E-state index in [0.717, 1.165) is 0 Å². The van der Waals surface area contributed by atoms with Crippen LogP contribution in [0.25, 0.3) is 0 Å². The van der Waals surface area contributed by atoms with Crippen LogP contribution in [0.3, 0.4) is 0 Å². The van der Waals surface area contributed by atoms with Gasteiger partial charge in [-0.25, -0.2) is 4.79 Å². The first-order chi connectivity index (χ1) is 5.20. The molecule has 0 bridgehead atoms. The van der Waals surface area contributed by atoms with Crippen LogP contribution in [0, 0.1) is 0 Å². The maximum atomic E-state index is 10.5. The van der Waals surface area contributed by atoms with E-state index in [2.05, 4.69) is 15.1 Å². The third-order valence-electron chi connectivity index (χ3n) is 0.792.